The highest BCUT2D eigenvalue weighted by Gasteiger charge is 2.14. The van der Waals surface area contributed by atoms with E-state index in [1.54, 1.807) is 19.1 Å². The second-order valence-corrected chi connectivity index (χ2v) is 6.00. The van der Waals surface area contributed by atoms with Gasteiger partial charge in [0.05, 0.1) is 0 Å². The Balaban J connectivity index is 1.56. The minimum atomic E-state index is -0.599. The Hall–Kier alpha value is -3.27. The molecule has 0 fully saturated rings. The molecule has 0 saturated heterocycles. The van der Waals surface area contributed by atoms with Crippen molar-refractivity contribution in [3.05, 3.63) is 84.4 Å². The van der Waals surface area contributed by atoms with Crippen LogP contribution in [0.5, 0.6) is 17.2 Å². The second kappa shape index (κ2) is 8.21. The van der Waals surface area contributed by atoms with E-state index in [4.69, 9.17) is 9.47 Å². The number of rotatable bonds is 6. The number of aryl methyl sites for hydroxylation is 1. The zero-order valence-corrected chi connectivity index (χ0v) is 14.8. The monoisotopic (exact) mass is 347 g/mol. The number of amides is 1. The summed E-state index contributed by atoms with van der Waals surface area (Å²) < 4.78 is 11.4. The van der Waals surface area contributed by atoms with Crippen LogP contribution >= 0.6 is 0 Å². The number of para-hydroxylation sites is 1. The fraction of sp³-hybridized carbons (Fsp3) is 0.136. The van der Waals surface area contributed by atoms with E-state index in [-0.39, 0.29) is 5.91 Å². The molecule has 1 unspecified atom stereocenters. The van der Waals surface area contributed by atoms with Crippen LogP contribution in [0.3, 0.4) is 0 Å². The van der Waals surface area contributed by atoms with Crippen LogP contribution in [0.4, 0.5) is 5.69 Å². The number of hydrogen-bond acceptors (Lipinski definition) is 3. The Bertz CT molecular complexity index is 843. The molecule has 0 radical (unpaired) electrons. The van der Waals surface area contributed by atoms with Gasteiger partial charge in [-0.1, -0.05) is 35.9 Å². The molecule has 0 saturated carbocycles. The lowest BCUT2D eigenvalue weighted by Gasteiger charge is -2.15. The maximum Gasteiger partial charge on any atom is 0.265 e. The topological polar surface area (TPSA) is 47.6 Å². The van der Waals surface area contributed by atoms with E-state index in [1.165, 1.54) is 0 Å². The molecule has 132 valence electrons. The smallest absolute Gasteiger partial charge is 0.265 e. The van der Waals surface area contributed by atoms with E-state index in [9.17, 15) is 4.79 Å². The molecule has 0 aliphatic heterocycles. The zero-order valence-electron chi connectivity index (χ0n) is 14.8. The fourth-order valence-corrected chi connectivity index (χ4v) is 2.35. The Morgan fingerprint density at radius 2 is 1.38 bits per heavy atom. The lowest BCUT2D eigenvalue weighted by atomic mass is 10.2. The largest absolute Gasteiger partial charge is 0.481 e. The molecular weight excluding hydrogens is 326 g/mol. The first kappa shape index (κ1) is 17.5. The van der Waals surface area contributed by atoms with E-state index < -0.39 is 6.10 Å². The van der Waals surface area contributed by atoms with Crippen molar-refractivity contribution in [2.75, 3.05) is 5.32 Å². The minimum absolute atomic E-state index is 0.206. The van der Waals surface area contributed by atoms with Gasteiger partial charge < -0.3 is 14.8 Å². The molecule has 3 aromatic rings. The maximum atomic E-state index is 12.3. The number of carbonyl (C=O) groups is 1. The van der Waals surface area contributed by atoms with Gasteiger partial charge in [-0.25, -0.2) is 0 Å². The lowest BCUT2D eigenvalue weighted by Crippen LogP contribution is -2.30. The van der Waals surface area contributed by atoms with Gasteiger partial charge >= 0.3 is 0 Å². The summed E-state index contributed by atoms with van der Waals surface area (Å²) in [5.74, 6) is 1.94. The molecule has 3 rings (SSSR count). The van der Waals surface area contributed by atoms with Gasteiger partial charge in [-0.05, 0) is 62.4 Å². The van der Waals surface area contributed by atoms with Gasteiger partial charge in [0.2, 0.25) is 0 Å². The number of hydrogen-bond donors (Lipinski definition) is 1. The molecule has 3 aromatic carbocycles. The number of ether oxygens (including phenoxy) is 2. The first-order chi connectivity index (χ1) is 12.6. The highest BCUT2D eigenvalue weighted by molar-refractivity contribution is 5.94. The Kier molecular flexibility index (Phi) is 5.54. The summed E-state index contributed by atoms with van der Waals surface area (Å²) in [6.45, 7) is 3.73. The van der Waals surface area contributed by atoms with Crippen LogP contribution < -0.4 is 14.8 Å². The van der Waals surface area contributed by atoms with E-state index in [2.05, 4.69) is 5.32 Å². The van der Waals surface area contributed by atoms with E-state index >= 15 is 0 Å². The summed E-state index contributed by atoms with van der Waals surface area (Å²) in [6, 6.07) is 24.4. The first-order valence-electron chi connectivity index (χ1n) is 8.47. The third-order valence-electron chi connectivity index (χ3n) is 3.80. The van der Waals surface area contributed by atoms with Crippen molar-refractivity contribution in [2.45, 2.75) is 20.0 Å². The summed E-state index contributed by atoms with van der Waals surface area (Å²) >= 11 is 0. The van der Waals surface area contributed by atoms with E-state index in [1.807, 2.05) is 73.7 Å². The molecule has 0 aliphatic carbocycles. The molecular formula is C22H21NO3. The molecule has 0 aromatic heterocycles. The summed E-state index contributed by atoms with van der Waals surface area (Å²) in [5.41, 5.74) is 1.84. The Morgan fingerprint density at radius 3 is 2.04 bits per heavy atom. The van der Waals surface area contributed by atoms with Gasteiger partial charge in [-0.3, -0.25) is 4.79 Å². The lowest BCUT2D eigenvalue weighted by molar-refractivity contribution is -0.122. The molecule has 0 spiro atoms. The van der Waals surface area contributed by atoms with Gasteiger partial charge in [0.15, 0.2) is 6.10 Å². The summed E-state index contributed by atoms with van der Waals surface area (Å²) in [4.78, 5) is 12.3. The van der Waals surface area contributed by atoms with Crippen molar-refractivity contribution in [2.24, 2.45) is 0 Å². The molecule has 4 heteroatoms. The molecule has 1 atom stereocenters. The van der Waals surface area contributed by atoms with Crippen LogP contribution in [-0.4, -0.2) is 12.0 Å². The second-order valence-electron chi connectivity index (χ2n) is 6.00. The minimum Gasteiger partial charge on any atom is -0.481 e. The highest BCUT2D eigenvalue weighted by atomic mass is 16.5. The molecule has 26 heavy (non-hydrogen) atoms. The summed E-state index contributed by atoms with van der Waals surface area (Å²) in [5, 5.41) is 2.84. The number of carbonyl (C=O) groups excluding carboxylic acids is 1. The standard InChI is InChI=1S/C22H21NO3/c1-16-8-12-20(13-9-16)25-17(2)22(24)23-18-10-14-21(15-11-18)26-19-6-4-3-5-7-19/h3-15,17H,1-2H3,(H,23,24). The van der Waals surface area contributed by atoms with Crippen molar-refractivity contribution < 1.29 is 14.3 Å². The van der Waals surface area contributed by atoms with Crippen molar-refractivity contribution in [1.82, 2.24) is 0 Å². The molecule has 4 nitrogen and oxygen atoms in total. The van der Waals surface area contributed by atoms with Gasteiger partial charge in [-0.2, -0.15) is 0 Å². The van der Waals surface area contributed by atoms with Gasteiger partial charge in [0.25, 0.3) is 5.91 Å². The zero-order chi connectivity index (χ0) is 18.4. The molecule has 0 aliphatic rings. The third-order valence-corrected chi connectivity index (χ3v) is 3.80. The molecule has 0 heterocycles. The Labute approximate surface area is 153 Å². The predicted octanol–water partition coefficient (Wildman–Crippen LogP) is 5.19. The van der Waals surface area contributed by atoms with Gasteiger partial charge in [0, 0.05) is 5.69 Å². The summed E-state index contributed by atoms with van der Waals surface area (Å²) in [7, 11) is 0. The van der Waals surface area contributed by atoms with Gasteiger partial charge in [-0.15, -0.1) is 0 Å². The van der Waals surface area contributed by atoms with Crippen molar-refractivity contribution in [3.8, 4) is 17.2 Å². The fourth-order valence-electron chi connectivity index (χ4n) is 2.35. The highest BCUT2D eigenvalue weighted by Crippen LogP contribution is 2.23. The van der Waals surface area contributed by atoms with Crippen LogP contribution in [0.25, 0.3) is 0 Å². The molecule has 1 amide bonds. The predicted molar refractivity (Wildman–Crippen MR) is 103 cm³/mol. The molecule has 1 N–H and O–H groups in total. The SMILES string of the molecule is Cc1ccc(OC(C)C(=O)Nc2ccc(Oc3ccccc3)cc2)cc1. The third kappa shape index (κ3) is 4.86. The van der Waals surface area contributed by atoms with E-state index in [0.29, 0.717) is 17.2 Å². The van der Waals surface area contributed by atoms with Gasteiger partial charge in [0.1, 0.15) is 17.2 Å². The van der Waals surface area contributed by atoms with Crippen LogP contribution in [0.1, 0.15) is 12.5 Å². The average Bonchev–Trinajstić information content (AvgIpc) is 2.66. The van der Waals surface area contributed by atoms with Crippen molar-refractivity contribution in [1.29, 1.82) is 0 Å². The summed E-state index contributed by atoms with van der Waals surface area (Å²) in [6.07, 6.45) is -0.599. The number of nitrogens with one attached hydrogen (secondary N) is 1. The quantitative estimate of drug-likeness (QED) is 0.667. The van der Waals surface area contributed by atoms with Crippen molar-refractivity contribution >= 4 is 11.6 Å². The van der Waals surface area contributed by atoms with Crippen LogP contribution in [0, 0.1) is 6.92 Å². The van der Waals surface area contributed by atoms with Crippen LogP contribution in [-0.2, 0) is 4.79 Å². The maximum absolute atomic E-state index is 12.3. The molecule has 0 bridgehead atoms. The number of benzene rings is 3. The number of anilines is 1. The normalized spacial score (nSPS) is 11.5. The first-order valence-corrected chi connectivity index (χ1v) is 8.47. The van der Waals surface area contributed by atoms with E-state index in [0.717, 1.165) is 11.3 Å². The van der Waals surface area contributed by atoms with Crippen LogP contribution in [0.2, 0.25) is 0 Å². The van der Waals surface area contributed by atoms with Crippen molar-refractivity contribution in [3.63, 3.8) is 0 Å². The Morgan fingerprint density at radius 1 is 0.808 bits per heavy atom. The average molecular weight is 347 g/mol. The van der Waals surface area contributed by atoms with Crippen LogP contribution in [0.15, 0.2) is 78.9 Å².